The molecule has 0 spiro atoms. The summed E-state index contributed by atoms with van der Waals surface area (Å²) in [5.41, 5.74) is 6.90. The average molecular weight is 257 g/mol. The van der Waals surface area contributed by atoms with Gasteiger partial charge in [-0.1, -0.05) is 49.8 Å². The number of unbranched alkanes of at least 4 members (excludes halogenated alkanes) is 1. The van der Waals surface area contributed by atoms with Crippen LogP contribution in [0, 0.1) is 0 Å². The van der Waals surface area contributed by atoms with Gasteiger partial charge in [0, 0.05) is 0 Å². The van der Waals surface area contributed by atoms with Crippen LogP contribution in [-0.4, -0.2) is 12.2 Å². The smallest absolute Gasteiger partial charge is 0.317 e. The normalized spacial score (nSPS) is 14.1. The van der Waals surface area contributed by atoms with Crippen LogP contribution < -0.4 is 5.73 Å². The largest absolute Gasteiger partial charge is 0.407 e. The van der Waals surface area contributed by atoms with Crippen LogP contribution in [0.25, 0.3) is 6.08 Å². The van der Waals surface area contributed by atoms with E-state index in [0.29, 0.717) is 0 Å². The minimum Gasteiger partial charge on any atom is -0.317 e. The second-order valence-corrected chi connectivity index (χ2v) is 4.28. The third-order valence-electron chi connectivity index (χ3n) is 2.64. The summed E-state index contributed by atoms with van der Waals surface area (Å²) in [5, 5.41) is 0. The lowest BCUT2D eigenvalue weighted by atomic mass is 10.0. The summed E-state index contributed by atoms with van der Waals surface area (Å²) in [6.45, 7) is 2.10. The molecule has 4 heteroatoms. The monoisotopic (exact) mass is 257 g/mol. The topological polar surface area (TPSA) is 26.0 Å². The molecule has 0 aliphatic rings. The average Bonchev–Trinajstić information content (AvgIpc) is 2.32. The predicted octanol–water partition coefficient (Wildman–Crippen LogP) is 3.93. The molecule has 0 saturated carbocycles. The van der Waals surface area contributed by atoms with Crippen molar-refractivity contribution in [2.24, 2.45) is 5.73 Å². The molecule has 1 atom stereocenters. The number of aryl methyl sites for hydroxylation is 1. The summed E-state index contributed by atoms with van der Waals surface area (Å²) in [5.74, 6) is 0. The zero-order valence-corrected chi connectivity index (χ0v) is 10.4. The van der Waals surface area contributed by atoms with Crippen molar-refractivity contribution >= 4 is 6.08 Å². The molecule has 100 valence electrons. The number of benzene rings is 1. The molecule has 0 amide bonds. The molecule has 0 unspecified atom stereocenters. The van der Waals surface area contributed by atoms with Crippen molar-refractivity contribution in [3.05, 3.63) is 41.5 Å². The van der Waals surface area contributed by atoms with Gasteiger partial charge in [-0.3, -0.25) is 0 Å². The van der Waals surface area contributed by atoms with Crippen LogP contribution in [0.5, 0.6) is 0 Å². The minimum atomic E-state index is -4.38. The van der Waals surface area contributed by atoms with Crippen molar-refractivity contribution in [3.8, 4) is 0 Å². The number of rotatable bonds is 5. The Hall–Kier alpha value is -1.29. The third kappa shape index (κ3) is 4.92. The second-order valence-electron chi connectivity index (χ2n) is 4.28. The van der Waals surface area contributed by atoms with Crippen LogP contribution in [0.4, 0.5) is 13.2 Å². The van der Waals surface area contributed by atoms with E-state index in [-0.39, 0.29) is 0 Å². The van der Waals surface area contributed by atoms with Crippen molar-refractivity contribution in [1.82, 2.24) is 0 Å². The highest BCUT2D eigenvalue weighted by Crippen LogP contribution is 2.20. The van der Waals surface area contributed by atoms with Crippen LogP contribution >= 0.6 is 0 Å². The molecule has 18 heavy (non-hydrogen) atoms. The van der Waals surface area contributed by atoms with Crippen molar-refractivity contribution < 1.29 is 13.2 Å². The Morgan fingerprint density at radius 2 is 2.06 bits per heavy atom. The molecule has 1 rings (SSSR count). The van der Waals surface area contributed by atoms with Gasteiger partial charge < -0.3 is 5.73 Å². The van der Waals surface area contributed by atoms with Gasteiger partial charge in [-0.2, -0.15) is 13.2 Å². The predicted molar refractivity (Wildman–Crippen MR) is 68.1 cm³/mol. The van der Waals surface area contributed by atoms with Crippen molar-refractivity contribution in [1.29, 1.82) is 0 Å². The zero-order valence-electron chi connectivity index (χ0n) is 10.4. The fraction of sp³-hybridized carbons (Fsp3) is 0.429. The van der Waals surface area contributed by atoms with Gasteiger partial charge in [-0.15, -0.1) is 0 Å². The van der Waals surface area contributed by atoms with Gasteiger partial charge >= 0.3 is 6.18 Å². The van der Waals surface area contributed by atoms with E-state index in [1.165, 1.54) is 6.08 Å². The number of nitrogens with two attached hydrogens (primary N) is 1. The molecular weight excluding hydrogens is 239 g/mol. The fourth-order valence-corrected chi connectivity index (χ4v) is 1.56. The van der Waals surface area contributed by atoms with Gasteiger partial charge in [-0.25, -0.2) is 0 Å². The first kappa shape index (κ1) is 14.8. The van der Waals surface area contributed by atoms with Crippen LogP contribution in [0.3, 0.4) is 0 Å². The van der Waals surface area contributed by atoms with E-state index in [1.807, 2.05) is 18.2 Å². The Balaban J connectivity index is 2.70. The molecule has 0 radical (unpaired) electrons. The summed E-state index contributed by atoms with van der Waals surface area (Å²) in [6.07, 6.45) is 1.15. The van der Waals surface area contributed by atoms with E-state index >= 15 is 0 Å². The van der Waals surface area contributed by atoms with E-state index in [0.717, 1.165) is 36.5 Å². The molecule has 0 aliphatic carbocycles. The lowest BCUT2D eigenvalue weighted by Gasteiger charge is -2.10. The van der Waals surface area contributed by atoms with Crippen LogP contribution in [-0.2, 0) is 6.42 Å². The Labute approximate surface area is 105 Å². The highest BCUT2D eigenvalue weighted by atomic mass is 19.4. The lowest BCUT2D eigenvalue weighted by Crippen LogP contribution is -2.35. The standard InChI is InChI=1S/C14H18F3N/c1-2-3-5-11-6-4-7-12(10-11)8-9-13(18)14(15,16)17/h4,6-10,13H,2-3,5,18H2,1H3/t13-/m0/s1. The Morgan fingerprint density at radius 3 is 2.67 bits per heavy atom. The molecule has 0 bridgehead atoms. The third-order valence-corrected chi connectivity index (χ3v) is 2.64. The van der Waals surface area contributed by atoms with E-state index in [4.69, 9.17) is 5.73 Å². The Kier molecular flexibility index (Phi) is 5.41. The summed E-state index contributed by atoms with van der Waals surface area (Å²) in [7, 11) is 0. The van der Waals surface area contributed by atoms with E-state index in [9.17, 15) is 13.2 Å². The van der Waals surface area contributed by atoms with Gasteiger partial charge in [0.2, 0.25) is 0 Å². The maximum atomic E-state index is 12.2. The Morgan fingerprint density at radius 1 is 1.33 bits per heavy atom. The molecule has 1 aromatic carbocycles. The fourth-order valence-electron chi connectivity index (χ4n) is 1.56. The van der Waals surface area contributed by atoms with Gasteiger partial charge in [0.05, 0.1) is 0 Å². The van der Waals surface area contributed by atoms with Crippen LogP contribution in [0.2, 0.25) is 0 Å². The van der Waals surface area contributed by atoms with E-state index < -0.39 is 12.2 Å². The molecule has 0 aromatic heterocycles. The quantitative estimate of drug-likeness (QED) is 0.849. The SMILES string of the molecule is CCCCc1cccc(C=C[C@H](N)C(F)(F)F)c1. The summed E-state index contributed by atoms with van der Waals surface area (Å²) in [6, 6.07) is 5.60. The first-order chi connectivity index (χ1) is 8.43. The molecule has 0 fully saturated rings. The summed E-state index contributed by atoms with van der Waals surface area (Å²) in [4.78, 5) is 0. The van der Waals surface area contributed by atoms with Crippen molar-refractivity contribution in [3.63, 3.8) is 0 Å². The lowest BCUT2D eigenvalue weighted by molar-refractivity contribution is -0.136. The summed E-state index contributed by atoms with van der Waals surface area (Å²) >= 11 is 0. The minimum absolute atomic E-state index is 0.753. The van der Waals surface area contributed by atoms with Crippen molar-refractivity contribution in [2.45, 2.75) is 38.4 Å². The molecule has 0 aliphatic heterocycles. The maximum absolute atomic E-state index is 12.2. The number of hydrogen-bond acceptors (Lipinski definition) is 1. The summed E-state index contributed by atoms with van der Waals surface area (Å²) < 4.78 is 36.7. The highest BCUT2D eigenvalue weighted by Gasteiger charge is 2.34. The van der Waals surface area contributed by atoms with E-state index in [2.05, 4.69) is 6.92 Å². The van der Waals surface area contributed by atoms with E-state index in [1.54, 1.807) is 6.07 Å². The molecule has 2 N–H and O–H groups in total. The molecular formula is C14H18F3N. The number of halogens is 3. The highest BCUT2D eigenvalue weighted by molar-refractivity contribution is 5.51. The van der Waals surface area contributed by atoms with Gasteiger partial charge in [0.15, 0.2) is 0 Å². The van der Waals surface area contributed by atoms with Gasteiger partial charge in [-0.05, 0) is 24.0 Å². The number of alkyl halides is 3. The zero-order chi connectivity index (χ0) is 13.6. The van der Waals surface area contributed by atoms with Gasteiger partial charge in [0.25, 0.3) is 0 Å². The Bertz CT molecular complexity index is 396. The molecule has 0 heterocycles. The van der Waals surface area contributed by atoms with Crippen LogP contribution in [0.1, 0.15) is 30.9 Å². The van der Waals surface area contributed by atoms with Gasteiger partial charge in [0.1, 0.15) is 6.04 Å². The first-order valence-corrected chi connectivity index (χ1v) is 6.03. The number of hydrogen-bond donors (Lipinski definition) is 1. The second kappa shape index (κ2) is 6.59. The molecule has 0 saturated heterocycles. The maximum Gasteiger partial charge on any atom is 0.407 e. The molecule has 1 aromatic rings. The van der Waals surface area contributed by atoms with Crippen molar-refractivity contribution in [2.75, 3.05) is 0 Å². The molecule has 1 nitrogen and oxygen atoms in total. The van der Waals surface area contributed by atoms with Crippen LogP contribution in [0.15, 0.2) is 30.3 Å². The first-order valence-electron chi connectivity index (χ1n) is 6.03.